The number of hydrogen-bond donors (Lipinski definition) is 1. The van der Waals surface area contributed by atoms with Gasteiger partial charge in [0.05, 0.1) is 18.4 Å². The van der Waals surface area contributed by atoms with Crippen LogP contribution in [0.4, 0.5) is 0 Å². The lowest BCUT2D eigenvalue weighted by Gasteiger charge is -2.32. The molecule has 1 unspecified atom stereocenters. The van der Waals surface area contributed by atoms with Crippen molar-refractivity contribution in [2.45, 2.75) is 18.2 Å². The van der Waals surface area contributed by atoms with Gasteiger partial charge in [-0.25, -0.2) is 17.5 Å². The molecule has 26 heavy (non-hydrogen) atoms. The Labute approximate surface area is 161 Å². The van der Waals surface area contributed by atoms with E-state index >= 15 is 0 Å². The van der Waals surface area contributed by atoms with E-state index in [-0.39, 0.29) is 18.2 Å². The molecular weight excluding hydrogens is 378 g/mol. The highest BCUT2D eigenvalue weighted by molar-refractivity contribution is 7.88. The third-order valence-corrected chi connectivity index (χ3v) is 6.70. The van der Waals surface area contributed by atoms with Gasteiger partial charge in [0.1, 0.15) is 0 Å². The van der Waals surface area contributed by atoms with Crippen LogP contribution in [0.25, 0.3) is 0 Å². The number of benzene rings is 1. The topological polar surface area (TPSA) is 79.0 Å². The van der Waals surface area contributed by atoms with Gasteiger partial charge >= 0.3 is 5.97 Å². The summed E-state index contributed by atoms with van der Waals surface area (Å²) in [6.45, 7) is 4.99. The molecule has 0 bridgehead atoms. The molecule has 9 heteroatoms. The van der Waals surface area contributed by atoms with Gasteiger partial charge in [0, 0.05) is 45.3 Å². The lowest BCUT2D eigenvalue weighted by Crippen LogP contribution is -2.49. The van der Waals surface area contributed by atoms with Gasteiger partial charge in [-0.15, -0.1) is 12.4 Å². The van der Waals surface area contributed by atoms with Crippen molar-refractivity contribution in [2.24, 2.45) is 0 Å². The number of sulfonamides is 1. The van der Waals surface area contributed by atoms with Crippen LogP contribution >= 0.6 is 12.4 Å². The van der Waals surface area contributed by atoms with Crippen molar-refractivity contribution < 1.29 is 17.9 Å². The molecule has 0 saturated carbocycles. The highest BCUT2D eigenvalue weighted by atomic mass is 35.5. The van der Waals surface area contributed by atoms with Crippen LogP contribution in [0.15, 0.2) is 24.3 Å². The maximum absolute atomic E-state index is 12.8. The van der Waals surface area contributed by atoms with Crippen molar-refractivity contribution in [2.75, 3.05) is 46.4 Å². The molecule has 7 nitrogen and oxygen atoms in total. The molecule has 146 valence electrons. The van der Waals surface area contributed by atoms with Crippen LogP contribution in [0.2, 0.25) is 0 Å². The monoisotopic (exact) mass is 403 g/mol. The van der Waals surface area contributed by atoms with E-state index in [1.54, 1.807) is 28.6 Å². The molecule has 2 aliphatic rings. The van der Waals surface area contributed by atoms with E-state index in [1.165, 1.54) is 7.11 Å². The normalized spacial score (nSPS) is 22.0. The quantitative estimate of drug-likeness (QED) is 0.729. The fourth-order valence-electron chi connectivity index (χ4n) is 3.52. The average molecular weight is 404 g/mol. The highest BCUT2D eigenvalue weighted by Crippen LogP contribution is 2.22. The number of rotatable bonds is 5. The first kappa shape index (κ1) is 21.1. The Bertz CT molecular complexity index is 722. The molecular formula is C17H26ClN3O4S. The second-order valence-electron chi connectivity index (χ2n) is 6.53. The van der Waals surface area contributed by atoms with Crippen LogP contribution in [0.1, 0.15) is 22.3 Å². The fourth-order valence-corrected chi connectivity index (χ4v) is 5.08. The third-order valence-electron chi connectivity index (χ3n) is 4.88. The predicted molar refractivity (Wildman–Crippen MR) is 102 cm³/mol. The summed E-state index contributed by atoms with van der Waals surface area (Å²) >= 11 is 0. The van der Waals surface area contributed by atoms with E-state index in [9.17, 15) is 13.2 Å². The minimum Gasteiger partial charge on any atom is -0.465 e. The fraction of sp³-hybridized carbons (Fsp3) is 0.588. The molecule has 0 spiro atoms. The summed E-state index contributed by atoms with van der Waals surface area (Å²) < 4.78 is 31.8. The molecule has 2 fully saturated rings. The Balaban J connectivity index is 0.00000243. The number of carbonyl (C=O) groups is 1. The molecule has 2 heterocycles. The largest absolute Gasteiger partial charge is 0.465 e. The van der Waals surface area contributed by atoms with Crippen LogP contribution in [-0.4, -0.2) is 76.0 Å². The van der Waals surface area contributed by atoms with Crippen LogP contribution < -0.4 is 5.32 Å². The van der Waals surface area contributed by atoms with E-state index in [4.69, 9.17) is 4.74 Å². The SMILES string of the molecule is COC(=O)c1cccc(CS(=O)(=O)N2CCC(N3CCNCC3)C2)c1.Cl. The lowest BCUT2D eigenvalue weighted by atomic mass is 10.1. The number of nitrogens with zero attached hydrogens (tertiary/aromatic N) is 2. The van der Waals surface area contributed by atoms with E-state index in [2.05, 4.69) is 10.2 Å². The van der Waals surface area contributed by atoms with Crippen molar-refractivity contribution in [1.29, 1.82) is 0 Å². The smallest absolute Gasteiger partial charge is 0.337 e. The number of esters is 1. The van der Waals surface area contributed by atoms with Gasteiger partial charge in [0.25, 0.3) is 0 Å². The van der Waals surface area contributed by atoms with E-state index in [1.807, 2.05) is 0 Å². The zero-order chi connectivity index (χ0) is 17.9. The summed E-state index contributed by atoms with van der Waals surface area (Å²) in [6, 6.07) is 6.93. The van der Waals surface area contributed by atoms with Gasteiger partial charge in [-0.2, -0.15) is 0 Å². The van der Waals surface area contributed by atoms with E-state index in [0.717, 1.165) is 32.6 Å². The lowest BCUT2D eigenvalue weighted by molar-refractivity contribution is 0.0600. The second kappa shape index (κ2) is 9.14. The molecule has 0 aromatic heterocycles. The molecule has 1 atom stereocenters. The molecule has 0 amide bonds. The number of carbonyl (C=O) groups excluding carboxylic acids is 1. The van der Waals surface area contributed by atoms with Gasteiger partial charge < -0.3 is 10.1 Å². The van der Waals surface area contributed by atoms with Gasteiger partial charge in [-0.1, -0.05) is 12.1 Å². The van der Waals surface area contributed by atoms with Crippen LogP contribution in [0.3, 0.4) is 0 Å². The maximum Gasteiger partial charge on any atom is 0.337 e. The van der Waals surface area contributed by atoms with Gasteiger partial charge in [-0.3, -0.25) is 4.90 Å². The van der Waals surface area contributed by atoms with Gasteiger partial charge in [-0.05, 0) is 24.1 Å². The average Bonchev–Trinajstić information content (AvgIpc) is 3.13. The first-order valence-corrected chi connectivity index (χ1v) is 10.2. The van der Waals surface area contributed by atoms with E-state index < -0.39 is 16.0 Å². The Kier molecular flexibility index (Phi) is 7.42. The standard InChI is InChI=1S/C17H25N3O4S.ClH/c1-24-17(21)15-4-2-3-14(11-15)13-25(22,23)20-8-5-16(12-20)19-9-6-18-7-10-19;/h2-4,11,16,18H,5-10,12-13H2,1H3;1H. The number of hydrogen-bond acceptors (Lipinski definition) is 6. The minimum absolute atomic E-state index is 0. The molecule has 0 aliphatic carbocycles. The highest BCUT2D eigenvalue weighted by Gasteiger charge is 2.34. The summed E-state index contributed by atoms with van der Waals surface area (Å²) in [4.78, 5) is 14.0. The second-order valence-corrected chi connectivity index (χ2v) is 8.50. The summed E-state index contributed by atoms with van der Waals surface area (Å²) in [7, 11) is -2.08. The number of nitrogens with one attached hydrogen (secondary N) is 1. The molecule has 2 aliphatic heterocycles. The zero-order valence-corrected chi connectivity index (χ0v) is 16.5. The summed E-state index contributed by atoms with van der Waals surface area (Å²) in [6.07, 6.45) is 0.876. The molecule has 1 N–H and O–H groups in total. The molecule has 3 rings (SSSR count). The zero-order valence-electron chi connectivity index (χ0n) is 14.9. The summed E-state index contributed by atoms with van der Waals surface area (Å²) in [5.74, 6) is -0.550. The van der Waals surface area contributed by atoms with Crippen molar-refractivity contribution >= 4 is 28.4 Å². The first-order valence-electron chi connectivity index (χ1n) is 8.59. The summed E-state index contributed by atoms with van der Waals surface area (Å²) in [5, 5.41) is 3.32. The maximum atomic E-state index is 12.8. The molecule has 1 aromatic rings. The Morgan fingerprint density at radius 3 is 2.69 bits per heavy atom. The van der Waals surface area contributed by atoms with E-state index in [0.29, 0.717) is 30.3 Å². The van der Waals surface area contributed by atoms with Gasteiger partial charge in [0.15, 0.2) is 0 Å². The molecule has 1 aromatic carbocycles. The number of ether oxygens (including phenoxy) is 1. The van der Waals surface area contributed by atoms with Gasteiger partial charge in [0.2, 0.25) is 10.0 Å². The van der Waals surface area contributed by atoms with Crippen molar-refractivity contribution in [3.05, 3.63) is 35.4 Å². The molecule has 2 saturated heterocycles. The summed E-state index contributed by atoms with van der Waals surface area (Å²) in [5.41, 5.74) is 0.976. The Hall–Kier alpha value is -1.19. The number of methoxy groups -OCH3 is 1. The van der Waals surface area contributed by atoms with Crippen LogP contribution in [-0.2, 0) is 20.5 Å². The number of halogens is 1. The van der Waals surface area contributed by atoms with Crippen LogP contribution in [0, 0.1) is 0 Å². The molecule has 0 radical (unpaired) electrons. The Morgan fingerprint density at radius 1 is 1.27 bits per heavy atom. The predicted octanol–water partition coefficient (Wildman–Crippen LogP) is 0.704. The first-order chi connectivity index (χ1) is 12.0. The number of piperazine rings is 1. The third kappa shape index (κ3) is 4.95. The van der Waals surface area contributed by atoms with Crippen LogP contribution in [0.5, 0.6) is 0 Å². The minimum atomic E-state index is -3.39. The van der Waals surface area contributed by atoms with Crippen molar-refractivity contribution in [1.82, 2.24) is 14.5 Å². The van der Waals surface area contributed by atoms with Crippen molar-refractivity contribution in [3.63, 3.8) is 0 Å². The Morgan fingerprint density at radius 2 is 2.00 bits per heavy atom. The van der Waals surface area contributed by atoms with Crippen molar-refractivity contribution in [3.8, 4) is 0 Å².